The van der Waals surface area contributed by atoms with Gasteiger partial charge in [-0.25, -0.2) is 0 Å². The molecule has 2 aliphatic rings. The molecule has 2 N–H and O–H groups in total. The summed E-state index contributed by atoms with van der Waals surface area (Å²) in [6.07, 6.45) is 4.06. The van der Waals surface area contributed by atoms with Crippen molar-refractivity contribution in [2.75, 3.05) is 20.3 Å². The number of hydrogen-bond acceptors (Lipinski definition) is 5. The molecule has 0 fully saturated rings. The van der Waals surface area contributed by atoms with Crippen LogP contribution in [0, 0.1) is 0 Å². The summed E-state index contributed by atoms with van der Waals surface area (Å²) >= 11 is 0. The summed E-state index contributed by atoms with van der Waals surface area (Å²) in [5.41, 5.74) is 3.37. The molecule has 0 radical (unpaired) electrons. The predicted molar refractivity (Wildman–Crippen MR) is 97.0 cm³/mol. The van der Waals surface area contributed by atoms with Crippen LogP contribution in [0.5, 0.6) is 11.5 Å². The van der Waals surface area contributed by atoms with E-state index in [2.05, 4.69) is 0 Å². The van der Waals surface area contributed by atoms with Crippen LogP contribution >= 0.6 is 0 Å². The van der Waals surface area contributed by atoms with Gasteiger partial charge in [-0.05, 0) is 49.5 Å². The Bertz CT molecular complexity index is 701. The van der Waals surface area contributed by atoms with Crippen molar-refractivity contribution in [3.8, 4) is 11.5 Å². The van der Waals surface area contributed by atoms with Crippen LogP contribution in [0.1, 0.15) is 38.2 Å². The first-order valence-corrected chi connectivity index (χ1v) is 9.13. The highest BCUT2D eigenvalue weighted by molar-refractivity contribution is 5.52. The number of rotatable bonds is 6. The fourth-order valence-electron chi connectivity index (χ4n) is 4.16. The largest absolute Gasteiger partial charge is 0.504 e. The molecule has 0 spiro atoms. The first-order chi connectivity index (χ1) is 12.5. The van der Waals surface area contributed by atoms with Crippen LogP contribution < -0.4 is 4.74 Å². The fraction of sp³-hybridized carbons (Fsp3) is 0.550. The number of hydrogen-bond donors (Lipinski definition) is 2. The number of aromatic hydroxyl groups is 1. The van der Waals surface area contributed by atoms with Crippen molar-refractivity contribution in [3.05, 3.63) is 34.9 Å². The van der Waals surface area contributed by atoms with Gasteiger partial charge in [0.25, 0.3) is 0 Å². The van der Waals surface area contributed by atoms with Crippen LogP contribution in [0.3, 0.4) is 0 Å². The van der Waals surface area contributed by atoms with Gasteiger partial charge in [0.1, 0.15) is 0 Å². The van der Waals surface area contributed by atoms with E-state index >= 15 is 0 Å². The predicted octanol–water partition coefficient (Wildman–Crippen LogP) is 2.38. The number of amides is 1. The molecule has 1 aliphatic carbocycles. The number of aliphatic hydroxyl groups is 1. The monoisotopic (exact) mass is 361 g/mol. The van der Waals surface area contributed by atoms with Crippen molar-refractivity contribution in [1.29, 1.82) is 0 Å². The molecule has 2 atom stereocenters. The minimum atomic E-state index is -1.08. The second-order valence-electron chi connectivity index (χ2n) is 7.00. The molecule has 0 bridgehead atoms. The first-order valence-electron chi connectivity index (χ1n) is 9.13. The summed E-state index contributed by atoms with van der Waals surface area (Å²) in [6.45, 7) is 3.00. The maximum absolute atomic E-state index is 11.6. The topological polar surface area (TPSA) is 79.2 Å². The fourth-order valence-corrected chi connectivity index (χ4v) is 4.16. The second kappa shape index (κ2) is 7.68. The Morgan fingerprint density at radius 3 is 2.85 bits per heavy atom. The quantitative estimate of drug-likeness (QED) is 0.462. The van der Waals surface area contributed by atoms with Gasteiger partial charge < -0.3 is 24.6 Å². The third-order valence-corrected chi connectivity index (χ3v) is 5.42. The summed E-state index contributed by atoms with van der Waals surface area (Å²) in [6, 6.07) is 5.30. The van der Waals surface area contributed by atoms with Gasteiger partial charge in [-0.15, -0.1) is 0 Å². The van der Waals surface area contributed by atoms with Crippen LogP contribution in [-0.4, -0.2) is 53.6 Å². The number of ether oxygens (including phenoxy) is 2. The zero-order valence-corrected chi connectivity index (χ0v) is 15.4. The van der Waals surface area contributed by atoms with E-state index in [9.17, 15) is 15.0 Å². The van der Waals surface area contributed by atoms with Crippen molar-refractivity contribution >= 4 is 6.41 Å². The number of phenolic OH excluding ortho intramolecular Hbond substituents is 1. The maximum Gasteiger partial charge on any atom is 0.210 e. The van der Waals surface area contributed by atoms with Gasteiger partial charge in [0.2, 0.25) is 6.41 Å². The molecule has 0 saturated carbocycles. The lowest BCUT2D eigenvalue weighted by atomic mass is 9.78. The third-order valence-electron chi connectivity index (χ3n) is 5.42. The van der Waals surface area contributed by atoms with Crippen LogP contribution in [0.25, 0.3) is 0 Å². The van der Waals surface area contributed by atoms with Crippen molar-refractivity contribution in [1.82, 2.24) is 4.90 Å². The molecule has 1 aromatic rings. The van der Waals surface area contributed by atoms with Crippen molar-refractivity contribution in [2.24, 2.45) is 0 Å². The summed E-state index contributed by atoms with van der Waals surface area (Å²) in [7, 11) is 1.52. The number of benzene rings is 1. The molecule has 3 rings (SSSR count). The average molecular weight is 361 g/mol. The molecular formula is C20H27NO5. The van der Waals surface area contributed by atoms with E-state index in [4.69, 9.17) is 9.47 Å². The average Bonchev–Trinajstić information content (AvgIpc) is 2.62. The van der Waals surface area contributed by atoms with Crippen LogP contribution in [-0.2, 0) is 16.0 Å². The molecule has 0 aromatic heterocycles. The van der Waals surface area contributed by atoms with E-state index in [1.165, 1.54) is 18.3 Å². The first kappa shape index (κ1) is 18.7. The Morgan fingerprint density at radius 1 is 1.38 bits per heavy atom. The third kappa shape index (κ3) is 3.71. The molecular weight excluding hydrogens is 334 g/mol. The molecule has 0 saturated heterocycles. The molecule has 6 heteroatoms. The van der Waals surface area contributed by atoms with Gasteiger partial charge in [-0.3, -0.25) is 4.79 Å². The van der Waals surface area contributed by atoms with Gasteiger partial charge in [-0.1, -0.05) is 11.6 Å². The maximum atomic E-state index is 11.6. The number of carbonyl (C=O) groups is 1. The lowest BCUT2D eigenvalue weighted by Crippen LogP contribution is -2.46. The normalized spacial score (nSPS) is 25.8. The van der Waals surface area contributed by atoms with E-state index in [1.54, 1.807) is 12.1 Å². The molecule has 1 heterocycles. The lowest BCUT2D eigenvalue weighted by Gasteiger charge is -2.43. The highest BCUT2D eigenvalue weighted by Gasteiger charge is 2.39. The van der Waals surface area contributed by atoms with Gasteiger partial charge in [0, 0.05) is 26.0 Å². The van der Waals surface area contributed by atoms with Crippen molar-refractivity contribution < 1.29 is 24.5 Å². The minimum absolute atomic E-state index is 0.0461. The standard InChI is InChI=1S/C20H27NO5/c1-3-26-20(24)8-6-16-15(12-20)7-9-21(13-22)17(16)10-14-4-5-19(25-2)18(23)11-14/h4-5,11,13,17,23-24H,3,6-10,12H2,1-2H3. The van der Waals surface area contributed by atoms with Gasteiger partial charge in [0.15, 0.2) is 17.3 Å². The zero-order chi connectivity index (χ0) is 18.7. The number of phenols is 1. The Kier molecular flexibility index (Phi) is 5.53. The van der Waals surface area contributed by atoms with Crippen molar-refractivity contribution in [2.45, 2.75) is 50.9 Å². The molecule has 142 valence electrons. The van der Waals surface area contributed by atoms with E-state index in [1.807, 2.05) is 17.9 Å². The van der Waals surface area contributed by atoms with Crippen molar-refractivity contribution in [3.63, 3.8) is 0 Å². The summed E-state index contributed by atoms with van der Waals surface area (Å²) < 4.78 is 10.7. The molecule has 1 aliphatic heterocycles. The van der Waals surface area contributed by atoms with Crippen LogP contribution in [0.2, 0.25) is 0 Å². The van der Waals surface area contributed by atoms with E-state index < -0.39 is 5.79 Å². The molecule has 1 aromatic carbocycles. The summed E-state index contributed by atoms with van der Waals surface area (Å²) in [4.78, 5) is 13.4. The van der Waals surface area contributed by atoms with E-state index in [0.717, 1.165) is 18.4 Å². The lowest BCUT2D eigenvalue weighted by molar-refractivity contribution is -0.207. The second-order valence-corrected chi connectivity index (χ2v) is 7.00. The molecule has 6 nitrogen and oxygen atoms in total. The van der Waals surface area contributed by atoms with Gasteiger partial charge in [0.05, 0.1) is 13.2 Å². The highest BCUT2D eigenvalue weighted by Crippen LogP contribution is 2.41. The Labute approximate surface area is 154 Å². The summed E-state index contributed by atoms with van der Waals surface area (Å²) in [5, 5.41) is 20.7. The molecule has 2 unspecified atom stereocenters. The zero-order valence-electron chi connectivity index (χ0n) is 15.4. The minimum Gasteiger partial charge on any atom is -0.504 e. The van der Waals surface area contributed by atoms with E-state index in [0.29, 0.717) is 44.6 Å². The van der Waals surface area contributed by atoms with Crippen LogP contribution in [0.15, 0.2) is 29.3 Å². The van der Waals surface area contributed by atoms with Gasteiger partial charge >= 0.3 is 0 Å². The SMILES string of the molecule is CCOC1(O)CCC2=C(CCN(C=O)C2Cc2ccc(OC)c(O)c2)C1. The molecule has 1 amide bonds. The Balaban J connectivity index is 1.86. The summed E-state index contributed by atoms with van der Waals surface area (Å²) in [5.74, 6) is -0.550. The smallest absolute Gasteiger partial charge is 0.210 e. The number of nitrogens with zero attached hydrogens (tertiary/aromatic N) is 1. The van der Waals surface area contributed by atoms with Gasteiger partial charge in [-0.2, -0.15) is 0 Å². The number of carbonyl (C=O) groups excluding carboxylic acids is 1. The van der Waals surface area contributed by atoms with E-state index in [-0.39, 0.29) is 11.8 Å². The molecule has 26 heavy (non-hydrogen) atoms. The highest BCUT2D eigenvalue weighted by atomic mass is 16.6. The number of methoxy groups -OCH3 is 1. The van der Waals surface area contributed by atoms with Crippen LogP contribution in [0.4, 0.5) is 0 Å². The Hall–Kier alpha value is -2.05. The Morgan fingerprint density at radius 2 is 2.19 bits per heavy atom.